The molecule has 0 saturated heterocycles. The van der Waals surface area contributed by atoms with Crippen LogP contribution >= 0.6 is 28.1 Å². The number of thiocarbonyl (C=S) groups is 1. The summed E-state index contributed by atoms with van der Waals surface area (Å²) in [5, 5.41) is 16.3. The summed E-state index contributed by atoms with van der Waals surface area (Å²) < 4.78 is 5.79. The van der Waals surface area contributed by atoms with Crippen molar-refractivity contribution in [2.45, 2.75) is 19.9 Å². The van der Waals surface area contributed by atoms with Gasteiger partial charge in [-0.2, -0.15) is 0 Å². The summed E-state index contributed by atoms with van der Waals surface area (Å²) in [4.78, 5) is 12.0. The molecule has 0 radical (unpaired) electrons. The zero-order chi connectivity index (χ0) is 15.7. The topological polar surface area (TPSA) is 70.6 Å². The van der Waals surface area contributed by atoms with Crippen LogP contribution in [0.2, 0.25) is 0 Å². The number of allylic oxidation sites excluding steroid dienone is 1. The van der Waals surface area contributed by atoms with Crippen LogP contribution in [0.25, 0.3) is 0 Å². The fourth-order valence-electron chi connectivity index (χ4n) is 2.34. The van der Waals surface area contributed by atoms with Gasteiger partial charge in [0.05, 0.1) is 13.2 Å². The number of halogens is 1. The van der Waals surface area contributed by atoms with E-state index in [1.54, 1.807) is 6.07 Å². The van der Waals surface area contributed by atoms with Crippen LogP contribution in [-0.2, 0) is 4.79 Å². The maximum atomic E-state index is 12.0. The standard InChI is InChI=1S/C14H15BrN2O3S/c1-6-12(7(2)18)13(17-14(21)16-6)8-4-11(20-3)10(19)5-9(8)15/h4-5,13,19H,1-3H3,(H2,16,17,21)/t13-/m0/s1. The average Bonchev–Trinajstić information content (AvgIpc) is 2.37. The van der Waals surface area contributed by atoms with Gasteiger partial charge in [0.25, 0.3) is 0 Å². The van der Waals surface area contributed by atoms with E-state index in [-0.39, 0.29) is 11.5 Å². The van der Waals surface area contributed by atoms with E-state index in [2.05, 4.69) is 26.6 Å². The van der Waals surface area contributed by atoms with Crippen molar-refractivity contribution in [2.75, 3.05) is 7.11 Å². The van der Waals surface area contributed by atoms with E-state index in [1.807, 2.05) is 6.92 Å². The van der Waals surface area contributed by atoms with Crippen LogP contribution in [0.1, 0.15) is 25.5 Å². The number of nitrogens with one attached hydrogen (secondary N) is 2. The number of Topliss-reactive ketones (excluding diaryl/α,β-unsaturated/α-hetero) is 1. The minimum atomic E-state index is -0.403. The summed E-state index contributed by atoms with van der Waals surface area (Å²) in [6, 6.07) is 2.81. The molecule has 2 rings (SSSR count). The molecule has 1 atom stereocenters. The number of phenols is 1. The molecule has 21 heavy (non-hydrogen) atoms. The Hall–Kier alpha value is -1.60. The minimum absolute atomic E-state index is 0.0229. The molecule has 0 aliphatic carbocycles. The van der Waals surface area contributed by atoms with Crippen molar-refractivity contribution in [3.8, 4) is 11.5 Å². The van der Waals surface area contributed by atoms with Gasteiger partial charge in [0.2, 0.25) is 0 Å². The molecule has 112 valence electrons. The van der Waals surface area contributed by atoms with Gasteiger partial charge < -0.3 is 20.5 Å². The first kappa shape index (κ1) is 15.8. The summed E-state index contributed by atoms with van der Waals surface area (Å²) in [6.07, 6.45) is 0. The largest absolute Gasteiger partial charge is 0.504 e. The van der Waals surface area contributed by atoms with Crippen molar-refractivity contribution >= 4 is 39.0 Å². The van der Waals surface area contributed by atoms with Crippen LogP contribution in [0, 0.1) is 0 Å². The van der Waals surface area contributed by atoms with E-state index in [0.717, 1.165) is 11.3 Å². The van der Waals surface area contributed by atoms with Gasteiger partial charge in [0, 0.05) is 15.7 Å². The molecule has 1 aliphatic heterocycles. The molecule has 5 nitrogen and oxygen atoms in total. The Labute approximate surface area is 136 Å². The number of methoxy groups -OCH3 is 1. The van der Waals surface area contributed by atoms with Gasteiger partial charge in [-0.15, -0.1) is 0 Å². The lowest BCUT2D eigenvalue weighted by molar-refractivity contribution is -0.114. The average molecular weight is 371 g/mol. The lowest BCUT2D eigenvalue weighted by Crippen LogP contribution is -2.44. The zero-order valence-corrected chi connectivity index (χ0v) is 14.2. The molecule has 0 saturated carbocycles. The fourth-order valence-corrected chi connectivity index (χ4v) is 3.17. The van der Waals surface area contributed by atoms with Gasteiger partial charge in [-0.1, -0.05) is 15.9 Å². The van der Waals surface area contributed by atoms with Gasteiger partial charge in [-0.3, -0.25) is 4.79 Å². The molecule has 0 spiro atoms. The number of phenolic OH excluding ortho intramolecular Hbond substituents is 1. The summed E-state index contributed by atoms with van der Waals surface area (Å²) in [6.45, 7) is 3.32. The number of benzene rings is 1. The van der Waals surface area contributed by atoms with Crippen LogP contribution < -0.4 is 15.4 Å². The number of hydrogen-bond acceptors (Lipinski definition) is 4. The Morgan fingerprint density at radius 3 is 2.71 bits per heavy atom. The second-order valence-electron chi connectivity index (χ2n) is 4.67. The maximum Gasteiger partial charge on any atom is 0.171 e. The second-order valence-corrected chi connectivity index (χ2v) is 5.93. The van der Waals surface area contributed by atoms with Gasteiger partial charge in [0.15, 0.2) is 22.4 Å². The van der Waals surface area contributed by atoms with E-state index in [0.29, 0.717) is 20.9 Å². The van der Waals surface area contributed by atoms with Crippen LogP contribution in [0.15, 0.2) is 27.9 Å². The Morgan fingerprint density at radius 1 is 1.48 bits per heavy atom. The molecule has 0 unspecified atom stereocenters. The van der Waals surface area contributed by atoms with Crippen LogP contribution in [0.4, 0.5) is 0 Å². The highest BCUT2D eigenvalue weighted by Crippen LogP contribution is 2.38. The van der Waals surface area contributed by atoms with E-state index in [4.69, 9.17) is 17.0 Å². The van der Waals surface area contributed by atoms with Gasteiger partial charge in [-0.05, 0) is 43.8 Å². The summed E-state index contributed by atoms with van der Waals surface area (Å²) in [5.41, 5.74) is 2.07. The number of hydrogen-bond donors (Lipinski definition) is 3. The molecule has 1 heterocycles. The van der Waals surface area contributed by atoms with E-state index in [1.165, 1.54) is 20.1 Å². The summed E-state index contributed by atoms with van der Waals surface area (Å²) >= 11 is 8.58. The summed E-state index contributed by atoms with van der Waals surface area (Å²) in [5.74, 6) is 0.300. The summed E-state index contributed by atoms with van der Waals surface area (Å²) in [7, 11) is 1.47. The first-order valence-corrected chi connectivity index (χ1v) is 7.41. The number of ketones is 1. The lowest BCUT2D eigenvalue weighted by Gasteiger charge is -2.30. The molecular formula is C14H15BrN2O3S. The molecule has 0 bridgehead atoms. The molecule has 1 aromatic carbocycles. The SMILES string of the molecule is COc1cc([C@@H]2NC(=S)NC(C)=C2C(C)=O)c(Br)cc1O. The molecule has 0 amide bonds. The number of carbonyl (C=O) groups excluding carboxylic acids is 1. The Balaban J connectivity index is 2.61. The third kappa shape index (κ3) is 3.03. The maximum absolute atomic E-state index is 12.0. The highest BCUT2D eigenvalue weighted by atomic mass is 79.9. The Kier molecular flexibility index (Phi) is 4.53. The number of carbonyl (C=O) groups is 1. The highest BCUT2D eigenvalue weighted by molar-refractivity contribution is 9.10. The molecular weight excluding hydrogens is 356 g/mol. The Morgan fingerprint density at radius 2 is 2.14 bits per heavy atom. The third-order valence-electron chi connectivity index (χ3n) is 3.26. The van der Waals surface area contributed by atoms with E-state index < -0.39 is 6.04 Å². The van der Waals surface area contributed by atoms with Crippen LogP contribution in [-0.4, -0.2) is 23.1 Å². The number of ether oxygens (including phenoxy) is 1. The number of rotatable bonds is 3. The van der Waals surface area contributed by atoms with Gasteiger partial charge >= 0.3 is 0 Å². The van der Waals surface area contributed by atoms with Gasteiger partial charge in [0.1, 0.15) is 0 Å². The second kappa shape index (κ2) is 6.03. The highest BCUT2D eigenvalue weighted by Gasteiger charge is 2.29. The van der Waals surface area contributed by atoms with Crippen LogP contribution in [0.5, 0.6) is 11.5 Å². The first-order valence-electron chi connectivity index (χ1n) is 6.20. The molecule has 1 aromatic rings. The third-order valence-corrected chi connectivity index (χ3v) is 4.16. The normalized spacial score (nSPS) is 18.1. The van der Waals surface area contributed by atoms with E-state index in [9.17, 15) is 9.90 Å². The van der Waals surface area contributed by atoms with Crippen molar-refractivity contribution in [2.24, 2.45) is 0 Å². The molecule has 0 aromatic heterocycles. The fraction of sp³-hybridized carbons (Fsp3) is 0.286. The predicted octanol–water partition coefficient (Wildman–Crippen LogP) is 2.55. The molecule has 0 fully saturated rings. The van der Waals surface area contributed by atoms with Crippen molar-refractivity contribution in [1.82, 2.24) is 10.6 Å². The lowest BCUT2D eigenvalue weighted by atomic mass is 9.93. The van der Waals surface area contributed by atoms with Crippen molar-refractivity contribution in [3.05, 3.63) is 33.4 Å². The zero-order valence-electron chi connectivity index (χ0n) is 11.8. The quantitative estimate of drug-likeness (QED) is 0.710. The first-order chi connectivity index (χ1) is 9.85. The van der Waals surface area contributed by atoms with Gasteiger partial charge in [-0.25, -0.2) is 0 Å². The van der Waals surface area contributed by atoms with Crippen molar-refractivity contribution < 1.29 is 14.6 Å². The molecule has 1 aliphatic rings. The van der Waals surface area contributed by atoms with E-state index >= 15 is 0 Å². The Bertz CT molecular complexity index is 658. The monoisotopic (exact) mass is 370 g/mol. The minimum Gasteiger partial charge on any atom is -0.504 e. The molecule has 7 heteroatoms. The van der Waals surface area contributed by atoms with Crippen LogP contribution in [0.3, 0.4) is 0 Å². The number of aromatic hydroxyl groups is 1. The molecule has 3 N–H and O–H groups in total. The van der Waals surface area contributed by atoms with Crippen molar-refractivity contribution in [3.63, 3.8) is 0 Å². The van der Waals surface area contributed by atoms with Crippen molar-refractivity contribution in [1.29, 1.82) is 0 Å². The smallest absolute Gasteiger partial charge is 0.171 e. The predicted molar refractivity (Wildman–Crippen MR) is 87.4 cm³/mol.